The summed E-state index contributed by atoms with van der Waals surface area (Å²) >= 11 is 2.16. The van der Waals surface area contributed by atoms with E-state index in [1.54, 1.807) is 0 Å². The summed E-state index contributed by atoms with van der Waals surface area (Å²) in [6, 6.07) is 2.25. The molecule has 44 heavy (non-hydrogen) atoms. The van der Waals surface area contributed by atoms with Crippen molar-refractivity contribution in [1.82, 2.24) is 15.2 Å². The van der Waals surface area contributed by atoms with Crippen LogP contribution in [-0.2, 0) is 28.8 Å². The van der Waals surface area contributed by atoms with Crippen LogP contribution in [-0.4, -0.2) is 95.1 Å². The summed E-state index contributed by atoms with van der Waals surface area (Å²) < 4.78 is 5.08. The topological polar surface area (TPSA) is 251 Å². The molecule has 3 heterocycles. The Morgan fingerprint density at radius 2 is 1.95 bits per heavy atom. The van der Waals surface area contributed by atoms with Crippen LogP contribution in [0.5, 0.6) is 11.5 Å². The van der Waals surface area contributed by atoms with Gasteiger partial charge in [0, 0.05) is 11.1 Å². The maximum absolute atomic E-state index is 13.2. The fraction of sp³-hybridized carbons (Fsp3) is 0.269. The maximum atomic E-state index is 13.2. The Balaban J connectivity index is 1.46. The second-order valence-electron chi connectivity index (χ2n) is 9.66. The molecule has 1 saturated heterocycles. The Kier molecular flexibility index (Phi) is 9.14. The number of anilines is 1. The molecule has 1 fully saturated rings. The molecule has 0 aliphatic carbocycles. The number of esters is 1. The molecule has 2 amide bonds. The molecular formula is C26H25N5O11S2. The molecule has 18 heteroatoms. The van der Waals surface area contributed by atoms with Gasteiger partial charge in [-0.25, -0.2) is 19.4 Å². The van der Waals surface area contributed by atoms with Crippen molar-refractivity contribution in [2.45, 2.75) is 30.9 Å². The van der Waals surface area contributed by atoms with E-state index in [9.17, 15) is 44.4 Å². The number of nitrogens with two attached hydrogens (primary N) is 1. The second kappa shape index (κ2) is 12.6. The van der Waals surface area contributed by atoms with E-state index < -0.39 is 63.9 Å². The first kappa shape index (κ1) is 31.8. The van der Waals surface area contributed by atoms with E-state index >= 15 is 0 Å². The van der Waals surface area contributed by atoms with E-state index in [0.717, 1.165) is 28.4 Å². The summed E-state index contributed by atoms with van der Waals surface area (Å²) in [6.45, 7) is 2.17. The van der Waals surface area contributed by atoms with Crippen LogP contribution in [0.15, 0.2) is 52.2 Å². The maximum Gasteiger partial charge on any atom is 0.352 e. The molecule has 1 aromatic heterocycles. The molecular weight excluding hydrogens is 622 g/mol. The number of nitrogens with one attached hydrogen (secondary N) is 1. The van der Waals surface area contributed by atoms with Crippen LogP contribution < -0.4 is 11.1 Å². The number of nitrogen functional groups attached to an aromatic ring is 1. The quantitative estimate of drug-likeness (QED) is 0.0651. The van der Waals surface area contributed by atoms with Crippen molar-refractivity contribution in [3.05, 3.63) is 58.3 Å². The third-order valence-electron chi connectivity index (χ3n) is 6.19. The van der Waals surface area contributed by atoms with Crippen LogP contribution >= 0.6 is 23.1 Å². The number of carboxylic acids is 2. The van der Waals surface area contributed by atoms with Crippen molar-refractivity contribution in [2.75, 3.05) is 18.1 Å². The van der Waals surface area contributed by atoms with Gasteiger partial charge in [-0.15, -0.1) is 23.1 Å². The number of rotatable bonds is 11. The van der Waals surface area contributed by atoms with Gasteiger partial charge >= 0.3 is 17.9 Å². The molecule has 16 nitrogen and oxygen atoms in total. The van der Waals surface area contributed by atoms with Gasteiger partial charge in [-0.3, -0.25) is 14.5 Å². The Bertz CT molecular complexity index is 1630. The lowest BCUT2D eigenvalue weighted by atomic mass is 10.0. The number of hydrogen-bond acceptors (Lipinski definition) is 14. The lowest BCUT2D eigenvalue weighted by Gasteiger charge is -2.49. The van der Waals surface area contributed by atoms with Crippen molar-refractivity contribution in [2.24, 2.45) is 5.16 Å². The lowest BCUT2D eigenvalue weighted by molar-refractivity contribution is -0.161. The van der Waals surface area contributed by atoms with Gasteiger partial charge in [0.1, 0.15) is 29.4 Å². The minimum Gasteiger partial charge on any atom is -0.504 e. The number of carbonyl (C=O) groups is 5. The number of thiazole rings is 1. The number of carbonyl (C=O) groups excluding carboxylic acids is 3. The molecule has 0 radical (unpaired) electrons. The van der Waals surface area contributed by atoms with E-state index in [1.807, 2.05) is 0 Å². The monoisotopic (exact) mass is 647 g/mol. The van der Waals surface area contributed by atoms with E-state index in [4.69, 9.17) is 15.3 Å². The molecule has 2 atom stereocenters. The number of fused-ring (bicyclic) bond motifs is 1. The molecule has 4 rings (SSSR count). The van der Waals surface area contributed by atoms with Crippen molar-refractivity contribution in [3.8, 4) is 11.5 Å². The largest absolute Gasteiger partial charge is 0.504 e. The van der Waals surface area contributed by atoms with Gasteiger partial charge in [0.05, 0.1) is 5.56 Å². The number of nitrogens with zero attached hydrogens (tertiary/aromatic N) is 3. The van der Waals surface area contributed by atoms with Crippen molar-refractivity contribution < 1.29 is 54.0 Å². The van der Waals surface area contributed by atoms with Crippen LogP contribution in [0.4, 0.5) is 5.13 Å². The highest BCUT2D eigenvalue weighted by Crippen LogP contribution is 2.40. The Hall–Kier alpha value is -5.10. The first-order valence-electron chi connectivity index (χ1n) is 12.5. The van der Waals surface area contributed by atoms with Crippen LogP contribution in [0.25, 0.3) is 0 Å². The number of phenols is 2. The molecule has 2 aliphatic rings. The molecule has 0 saturated carbocycles. The molecule has 0 spiro atoms. The molecule has 2 aliphatic heterocycles. The van der Waals surface area contributed by atoms with E-state index in [0.29, 0.717) is 0 Å². The van der Waals surface area contributed by atoms with Gasteiger partial charge in [-0.05, 0) is 43.7 Å². The van der Waals surface area contributed by atoms with E-state index in [1.165, 1.54) is 49.2 Å². The number of phenolic OH excluding ortho intramolecular Hbond substituents is 2. The molecule has 1 aromatic carbocycles. The van der Waals surface area contributed by atoms with Crippen LogP contribution in [0.1, 0.15) is 29.9 Å². The summed E-state index contributed by atoms with van der Waals surface area (Å²) in [7, 11) is 0. The average Bonchev–Trinajstić information content (AvgIpc) is 3.40. The third kappa shape index (κ3) is 6.60. The highest BCUT2D eigenvalue weighted by molar-refractivity contribution is 8.00. The minimum absolute atomic E-state index is 0.0157. The molecule has 0 bridgehead atoms. The van der Waals surface area contributed by atoms with Gasteiger partial charge in [-0.1, -0.05) is 11.2 Å². The van der Waals surface area contributed by atoms with Crippen molar-refractivity contribution in [1.29, 1.82) is 0 Å². The molecule has 2 aromatic rings. The number of benzene rings is 1. The number of β-lactam (4-membered cyclic amide) rings is 1. The number of allylic oxidation sites excluding steroid dienone is 1. The summed E-state index contributed by atoms with van der Waals surface area (Å²) in [6.07, 6.45) is 2.77. The SMILES string of the molecule is CC(C)(O/N=C(\C(=O)NC1C(=O)N2C(C(=O)O)=C(/C=C/COC(=O)c3ccc(O)c(O)c3)CS[C@@H]12)c1csc(N)n1)C(=O)O. The predicted molar refractivity (Wildman–Crippen MR) is 155 cm³/mol. The number of aromatic hydroxyl groups is 2. The van der Waals surface area contributed by atoms with E-state index in [2.05, 4.69) is 15.5 Å². The number of amides is 2. The fourth-order valence-corrected chi connectivity index (χ4v) is 5.69. The second-order valence-corrected chi connectivity index (χ2v) is 11.7. The smallest absolute Gasteiger partial charge is 0.352 e. The lowest BCUT2D eigenvalue weighted by Crippen LogP contribution is -2.71. The van der Waals surface area contributed by atoms with Gasteiger partial charge in [0.2, 0.25) is 5.60 Å². The standard InChI is InChI=1S/C26H25N5O11S2/c1-26(2,24(39)40)42-30-16(13-10-44-25(27)28-13)19(34)29-17-20(35)31-18(22(36)37)12(9-43-21(17)31)4-3-7-41-23(38)11-5-6-14(32)15(33)8-11/h3-6,8,10,17,21,32-33H,7,9H2,1-2H3,(H2,27,28)(H,29,34)(H,36,37)(H,39,40)/b4-3+,30-16-/t17?,21-/m0/s1. The average molecular weight is 648 g/mol. The van der Waals surface area contributed by atoms with Gasteiger partial charge < -0.3 is 41.1 Å². The Morgan fingerprint density at radius 1 is 1.23 bits per heavy atom. The zero-order valence-corrected chi connectivity index (χ0v) is 24.5. The number of aliphatic carboxylic acids is 2. The van der Waals surface area contributed by atoms with E-state index in [-0.39, 0.29) is 40.0 Å². The predicted octanol–water partition coefficient (Wildman–Crippen LogP) is 0.872. The molecule has 7 N–H and O–H groups in total. The summed E-state index contributed by atoms with van der Waals surface area (Å²) in [5.74, 6) is -5.97. The zero-order chi connectivity index (χ0) is 32.3. The van der Waals surface area contributed by atoms with Gasteiger partial charge in [-0.2, -0.15) is 0 Å². The Labute approximate surface area is 256 Å². The van der Waals surface area contributed by atoms with Gasteiger partial charge in [0.25, 0.3) is 11.8 Å². The summed E-state index contributed by atoms with van der Waals surface area (Å²) in [4.78, 5) is 72.0. The fourth-order valence-electron chi connectivity index (χ4n) is 3.83. The first-order valence-corrected chi connectivity index (χ1v) is 14.4. The minimum atomic E-state index is -1.80. The Morgan fingerprint density at radius 3 is 2.57 bits per heavy atom. The van der Waals surface area contributed by atoms with Crippen LogP contribution in [0.2, 0.25) is 0 Å². The van der Waals surface area contributed by atoms with Crippen molar-refractivity contribution >= 4 is 63.7 Å². The number of aromatic nitrogens is 1. The number of ether oxygens (including phenoxy) is 1. The van der Waals surface area contributed by atoms with Gasteiger partial charge in [0.15, 0.2) is 22.3 Å². The number of oxime groups is 1. The first-order chi connectivity index (χ1) is 20.7. The van der Waals surface area contributed by atoms with Crippen molar-refractivity contribution in [3.63, 3.8) is 0 Å². The molecule has 232 valence electrons. The number of carboxylic acid groups (broad SMARTS) is 2. The van der Waals surface area contributed by atoms with Crippen LogP contribution in [0, 0.1) is 0 Å². The number of hydrogen-bond donors (Lipinski definition) is 6. The normalized spacial score (nSPS) is 18.5. The summed E-state index contributed by atoms with van der Waals surface area (Å²) in [5.41, 5.74) is 3.32. The molecule has 1 unspecified atom stereocenters. The van der Waals surface area contributed by atoms with Crippen LogP contribution in [0.3, 0.4) is 0 Å². The number of thioether (sulfide) groups is 1. The highest BCUT2D eigenvalue weighted by Gasteiger charge is 2.54. The summed E-state index contributed by atoms with van der Waals surface area (Å²) in [5, 5.41) is 44.9. The zero-order valence-electron chi connectivity index (χ0n) is 22.9. The highest BCUT2D eigenvalue weighted by atomic mass is 32.2. The third-order valence-corrected chi connectivity index (χ3v) is 8.16.